The molecule has 3 rings (SSSR count). The van der Waals surface area contributed by atoms with Crippen LogP contribution >= 0.6 is 11.8 Å². The molecule has 1 aromatic heterocycles. The molecular formula is C19H21N5O2S. The van der Waals surface area contributed by atoms with Crippen LogP contribution in [0.1, 0.15) is 12.5 Å². The molecule has 0 radical (unpaired) electrons. The molecule has 8 heteroatoms. The van der Waals surface area contributed by atoms with Crippen LogP contribution in [-0.2, 0) is 11.2 Å². The smallest absolute Gasteiger partial charge is 0.234 e. The Morgan fingerprint density at radius 2 is 1.93 bits per heavy atom. The number of para-hydroxylation sites is 1. The summed E-state index contributed by atoms with van der Waals surface area (Å²) in [5.41, 5.74) is 2.73. The van der Waals surface area contributed by atoms with Gasteiger partial charge in [-0.1, -0.05) is 43.0 Å². The molecule has 0 saturated carbocycles. The largest absolute Gasteiger partial charge is 0.496 e. The molecule has 0 aliphatic carbocycles. The molecule has 3 N–H and O–H groups in total. The highest BCUT2D eigenvalue weighted by atomic mass is 32.2. The Morgan fingerprint density at radius 1 is 1.19 bits per heavy atom. The molecule has 0 saturated heterocycles. The standard InChI is InChI=1S/C19H21N5O2S/c1-3-13-8-10-14(11-9-13)21-17(25)12-27-19-23-22-18(24(19)20)15-6-4-5-7-16(15)26-2/h4-11H,3,12,20H2,1-2H3,(H,21,25). The summed E-state index contributed by atoms with van der Waals surface area (Å²) in [6.45, 7) is 2.09. The Labute approximate surface area is 161 Å². The van der Waals surface area contributed by atoms with Crippen LogP contribution in [-0.4, -0.2) is 33.6 Å². The van der Waals surface area contributed by atoms with Crippen LogP contribution < -0.4 is 15.9 Å². The normalized spacial score (nSPS) is 10.6. The molecule has 3 aromatic rings. The number of carbonyl (C=O) groups is 1. The zero-order chi connectivity index (χ0) is 19.2. The van der Waals surface area contributed by atoms with E-state index in [-0.39, 0.29) is 11.7 Å². The van der Waals surface area contributed by atoms with Gasteiger partial charge in [0.25, 0.3) is 0 Å². The molecule has 140 valence electrons. The summed E-state index contributed by atoms with van der Waals surface area (Å²) in [5, 5.41) is 11.5. The van der Waals surface area contributed by atoms with Gasteiger partial charge in [-0.25, -0.2) is 4.68 Å². The number of nitrogens with zero attached hydrogens (tertiary/aromatic N) is 3. The lowest BCUT2D eigenvalue weighted by Gasteiger charge is -2.08. The van der Waals surface area contributed by atoms with Crippen LogP contribution in [0.15, 0.2) is 53.7 Å². The van der Waals surface area contributed by atoms with Crippen molar-refractivity contribution in [2.24, 2.45) is 0 Å². The van der Waals surface area contributed by atoms with Gasteiger partial charge in [0.2, 0.25) is 11.1 Å². The Morgan fingerprint density at radius 3 is 2.63 bits per heavy atom. The first-order valence-electron chi connectivity index (χ1n) is 8.47. The third kappa shape index (κ3) is 4.40. The summed E-state index contributed by atoms with van der Waals surface area (Å²) in [4.78, 5) is 12.2. The van der Waals surface area contributed by atoms with E-state index in [0.717, 1.165) is 17.7 Å². The van der Waals surface area contributed by atoms with Crippen molar-refractivity contribution >= 4 is 23.4 Å². The molecule has 2 aromatic carbocycles. The summed E-state index contributed by atoms with van der Waals surface area (Å²) < 4.78 is 6.70. The van der Waals surface area contributed by atoms with Gasteiger partial charge in [-0.3, -0.25) is 4.79 Å². The van der Waals surface area contributed by atoms with E-state index in [9.17, 15) is 4.79 Å². The van der Waals surface area contributed by atoms with Crippen molar-refractivity contribution in [1.82, 2.24) is 14.9 Å². The van der Waals surface area contributed by atoms with Gasteiger partial charge < -0.3 is 15.9 Å². The number of nitrogens with two attached hydrogens (primary N) is 1. The van der Waals surface area contributed by atoms with Crippen molar-refractivity contribution in [3.63, 3.8) is 0 Å². The number of thioether (sulfide) groups is 1. The highest BCUT2D eigenvalue weighted by Crippen LogP contribution is 2.29. The van der Waals surface area contributed by atoms with Crippen molar-refractivity contribution in [2.45, 2.75) is 18.5 Å². The second kappa shape index (κ2) is 8.59. The number of benzene rings is 2. The minimum atomic E-state index is -0.133. The van der Waals surface area contributed by atoms with Gasteiger partial charge in [0.1, 0.15) is 5.75 Å². The van der Waals surface area contributed by atoms with Crippen LogP contribution in [0.2, 0.25) is 0 Å². The predicted octanol–water partition coefficient (Wildman–Crippen LogP) is 2.96. The van der Waals surface area contributed by atoms with Crippen molar-refractivity contribution in [3.05, 3.63) is 54.1 Å². The third-order valence-corrected chi connectivity index (χ3v) is 4.93. The Bertz CT molecular complexity index is 924. The SMILES string of the molecule is CCc1ccc(NC(=O)CSc2nnc(-c3ccccc3OC)n2N)cc1. The lowest BCUT2D eigenvalue weighted by Crippen LogP contribution is -2.16. The number of carbonyl (C=O) groups excluding carboxylic acids is 1. The summed E-state index contributed by atoms with van der Waals surface area (Å²) in [7, 11) is 1.59. The molecule has 27 heavy (non-hydrogen) atoms. The van der Waals surface area contributed by atoms with Gasteiger partial charge in [0, 0.05) is 5.69 Å². The summed E-state index contributed by atoms with van der Waals surface area (Å²) >= 11 is 1.22. The van der Waals surface area contributed by atoms with E-state index in [0.29, 0.717) is 16.7 Å². The topological polar surface area (TPSA) is 95.1 Å². The van der Waals surface area contributed by atoms with Crippen LogP contribution in [0.4, 0.5) is 5.69 Å². The molecule has 7 nitrogen and oxygen atoms in total. The summed E-state index contributed by atoms with van der Waals surface area (Å²) in [5.74, 6) is 7.29. The Balaban J connectivity index is 1.64. The number of nitrogens with one attached hydrogen (secondary N) is 1. The molecule has 0 unspecified atom stereocenters. The molecule has 0 aliphatic heterocycles. The van der Waals surface area contributed by atoms with E-state index in [2.05, 4.69) is 22.4 Å². The molecule has 0 atom stereocenters. The third-order valence-electron chi connectivity index (χ3n) is 3.99. The first kappa shape index (κ1) is 18.8. The quantitative estimate of drug-likeness (QED) is 0.481. The first-order chi connectivity index (χ1) is 13.1. The lowest BCUT2D eigenvalue weighted by atomic mass is 10.1. The molecule has 1 amide bonds. The van der Waals surface area contributed by atoms with Crippen molar-refractivity contribution < 1.29 is 9.53 Å². The van der Waals surface area contributed by atoms with Crippen LogP contribution in [0.3, 0.4) is 0 Å². The van der Waals surface area contributed by atoms with Crippen LogP contribution in [0, 0.1) is 0 Å². The first-order valence-corrected chi connectivity index (χ1v) is 9.46. The number of amides is 1. The summed E-state index contributed by atoms with van der Waals surface area (Å²) in [6.07, 6.45) is 0.963. The molecule has 0 fully saturated rings. The van der Waals surface area contributed by atoms with Crippen molar-refractivity contribution in [2.75, 3.05) is 24.0 Å². The highest BCUT2D eigenvalue weighted by Gasteiger charge is 2.16. The molecule has 0 bridgehead atoms. The number of hydrogen-bond acceptors (Lipinski definition) is 6. The monoisotopic (exact) mass is 383 g/mol. The fourth-order valence-corrected chi connectivity index (χ4v) is 3.20. The van der Waals surface area contributed by atoms with Crippen molar-refractivity contribution in [1.29, 1.82) is 0 Å². The minimum absolute atomic E-state index is 0.133. The van der Waals surface area contributed by atoms with Crippen LogP contribution in [0.5, 0.6) is 5.75 Å². The fourth-order valence-electron chi connectivity index (χ4n) is 2.54. The highest BCUT2D eigenvalue weighted by molar-refractivity contribution is 7.99. The zero-order valence-electron chi connectivity index (χ0n) is 15.2. The maximum absolute atomic E-state index is 12.2. The number of aryl methyl sites for hydroxylation is 1. The Hall–Kier alpha value is -3.00. The zero-order valence-corrected chi connectivity index (χ0v) is 16.0. The van der Waals surface area contributed by atoms with E-state index < -0.39 is 0 Å². The lowest BCUT2D eigenvalue weighted by molar-refractivity contribution is -0.113. The number of aromatic nitrogens is 3. The predicted molar refractivity (Wildman–Crippen MR) is 107 cm³/mol. The average molecular weight is 383 g/mol. The van der Waals surface area contributed by atoms with E-state index in [1.807, 2.05) is 48.5 Å². The van der Waals surface area contributed by atoms with Gasteiger partial charge in [-0.05, 0) is 36.2 Å². The van der Waals surface area contributed by atoms with Gasteiger partial charge >= 0.3 is 0 Å². The van der Waals surface area contributed by atoms with Gasteiger partial charge in [-0.2, -0.15) is 0 Å². The molecule has 0 aliphatic rings. The number of hydrogen-bond donors (Lipinski definition) is 2. The number of anilines is 1. The Kier molecular flexibility index (Phi) is 5.97. The maximum atomic E-state index is 12.2. The number of methoxy groups -OCH3 is 1. The van der Waals surface area contributed by atoms with E-state index in [1.165, 1.54) is 22.0 Å². The minimum Gasteiger partial charge on any atom is -0.496 e. The molecule has 1 heterocycles. The van der Waals surface area contributed by atoms with E-state index in [1.54, 1.807) is 7.11 Å². The molecule has 0 spiro atoms. The second-order valence-electron chi connectivity index (χ2n) is 5.76. The van der Waals surface area contributed by atoms with Gasteiger partial charge in [0.05, 0.1) is 18.4 Å². The molecular weight excluding hydrogens is 362 g/mol. The number of nitrogen functional groups attached to an aromatic ring is 1. The van der Waals surface area contributed by atoms with Crippen LogP contribution in [0.25, 0.3) is 11.4 Å². The van der Waals surface area contributed by atoms with Crippen molar-refractivity contribution in [3.8, 4) is 17.1 Å². The fraction of sp³-hybridized carbons (Fsp3) is 0.211. The second-order valence-corrected chi connectivity index (χ2v) is 6.71. The number of rotatable bonds is 7. The number of ether oxygens (including phenoxy) is 1. The van der Waals surface area contributed by atoms with Gasteiger partial charge in [0.15, 0.2) is 5.82 Å². The van der Waals surface area contributed by atoms with Gasteiger partial charge in [-0.15, -0.1) is 10.2 Å². The average Bonchev–Trinajstić information content (AvgIpc) is 3.07. The van der Waals surface area contributed by atoms with E-state index >= 15 is 0 Å². The summed E-state index contributed by atoms with van der Waals surface area (Å²) in [6, 6.07) is 15.2. The van der Waals surface area contributed by atoms with E-state index in [4.69, 9.17) is 10.6 Å². The maximum Gasteiger partial charge on any atom is 0.234 e.